The van der Waals surface area contributed by atoms with Gasteiger partial charge >= 0.3 is 0 Å². The third-order valence-electron chi connectivity index (χ3n) is 6.68. The largest absolute Gasteiger partial charge is 0.391 e. The standard InChI is InChI=1S/C30H44N2O8S/c1-5-41-17-9-16-40-30(3,39-4)18-24(34)26(32-20(2)33)28(37)27(36)25(35)19-31-29(38)23-14-12-22(13-15-23)21-10-7-6-8-11-21/h6-8,10-15,24-28,34-37H,5,9,16-19H2,1-4H3,(H,31,38)(H,32,33)/t24-,25+,26?,27+,28-,30?/m0/s1. The number of methoxy groups -OCH3 is 1. The number of aliphatic hydroxyl groups excluding tert-OH is 4. The zero-order chi connectivity index (χ0) is 30.4. The molecule has 6 atom stereocenters. The van der Waals surface area contributed by atoms with Gasteiger partial charge in [-0.3, -0.25) is 9.59 Å². The SMILES string of the molecule is CCSCCCOC(C)(C[C@H](O)C(NC(C)=O)[C@H](O)[C@H](O)[C@H](O)CNC(=O)c1ccc(-c2ccccc2)cc1)OC. The molecule has 2 aromatic carbocycles. The number of rotatable bonds is 18. The number of benzene rings is 2. The Hall–Kier alpha value is -2.51. The summed E-state index contributed by atoms with van der Waals surface area (Å²) in [6.07, 6.45) is -5.93. The lowest BCUT2D eigenvalue weighted by Crippen LogP contribution is -2.59. The number of hydrogen-bond donors (Lipinski definition) is 6. The van der Waals surface area contributed by atoms with Crippen LogP contribution in [-0.2, 0) is 14.3 Å². The van der Waals surface area contributed by atoms with E-state index in [2.05, 4.69) is 17.6 Å². The molecule has 11 heteroatoms. The van der Waals surface area contributed by atoms with E-state index >= 15 is 0 Å². The Balaban J connectivity index is 1.98. The molecule has 2 unspecified atom stereocenters. The summed E-state index contributed by atoms with van der Waals surface area (Å²) in [6.45, 7) is 4.91. The number of carbonyl (C=O) groups is 2. The van der Waals surface area contributed by atoms with Gasteiger partial charge < -0.3 is 40.5 Å². The summed E-state index contributed by atoms with van der Waals surface area (Å²) in [4.78, 5) is 24.5. The molecule has 0 spiro atoms. The minimum atomic E-state index is -1.80. The van der Waals surface area contributed by atoms with E-state index in [9.17, 15) is 30.0 Å². The Morgan fingerprint density at radius 1 is 0.951 bits per heavy atom. The molecule has 228 valence electrons. The first-order chi connectivity index (χ1) is 19.5. The highest BCUT2D eigenvalue weighted by Crippen LogP contribution is 2.23. The van der Waals surface area contributed by atoms with E-state index in [0.29, 0.717) is 12.2 Å². The van der Waals surface area contributed by atoms with Gasteiger partial charge in [-0.1, -0.05) is 49.4 Å². The lowest BCUT2D eigenvalue weighted by Gasteiger charge is -2.37. The summed E-state index contributed by atoms with van der Waals surface area (Å²) in [7, 11) is 1.42. The van der Waals surface area contributed by atoms with Crippen LogP contribution in [0.5, 0.6) is 0 Å². The van der Waals surface area contributed by atoms with Gasteiger partial charge in [-0.05, 0) is 48.1 Å². The van der Waals surface area contributed by atoms with Crippen LogP contribution >= 0.6 is 11.8 Å². The molecule has 2 aromatic rings. The molecule has 0 fully saturated rings. The quantitative estimate of drug-likeness (QED) is 0.112. The van der Waals surface area contributed by atoms with E-state index in [1.165, 1.54) is 14.0 Å². The van der Waals surface area contributed by atoms with Crippen molar-refractivity contribution >= 4 is 23.6 Å². The summed E-state index contributed by atoms with van der Waals surface area (Å²) in [5.74, 6) is -0.352. The van der Waals surface area contributed by atoms with Crippen LogP contribution in [0.4, 0.5) is 0 Å². The second kappa shape index (κ2) is 17.4. The van der Waals surface area contributed by atoms with Gasteiger partial charge in [0.25, 0.3) is 5.91 Å². The fourth-order valence-electron chi connectivity index (χ4n) is 4.25. The molecule has 2 rings (SSSR count). The Kier molecular flexibility index (Phi) is 14.8. The first kappa shape index (κ1) is 34.7. The topological polar surface area (TPSA) is 158 Å². The van der Waals surface area contributed by atoms with Crippen LogP contribution in [0.3, 0.4) is 0 Å². The average molecular weight is 593 g/mol. The van der Waals surface area contributed by atoms with Crippen molar-refractivity contribution < 1.29 is 39.5 Å². The number of thioether (sulfide) groups is 1. The maximum Gasteiger partial charge on any atom is 0.251 e. The molecule has 0 radical (unpaired) electrons. The zero-order valence-electron chi connectivity index (χ0n) is 24.2. The highest BCUT2D eigenvalue weighted by molar-refractivity contribution is 7.99. The summed E-state index contributed by atoms with van der Waals surface area (Å²) in [5, 5.41) is 48.0. The number of aliphatic hydroxyl groups is 4. The van der Waals surface area contributed by atoms with Crippen molar-refractivity contribution in [3.63, 3.8) is 0 Å². The van der Waals surface area contributed by atoms with Crippen LogP contribution in [0.25, 0.3) is 11.1 Å². The van der Waals surface area contributed by atoms with Crippen molar-refractivity contribution in [3.8, 4) is 11.1 Å². The van der Waals surface area contributed by atoms with Crippen molar-refractivity contribution in [1.82, 2.24) is 10.6 Å². The van der Waals surface area contributed by atoms with Crippen LogP contribution in [-0.4, -0.2) is 100 Å². The molecular formula is C30H44N2O8S. The maximum atomic E-state index is 12.6. The predicted octanol–water partition coefficient (Wildman–Crippen LogP) is 1.94. The van der Waals surface area contributed by atoms with Crippen molar-refractivity contribution in [2.75, 3.05) is 31.8 Å². The molecular weight excluding hydrogens is 548 g/mol. The summed E-state index contributed by atoms with van der Waals surface area (Å²) in [5.41, 5.74) is 2.30. The molecule has 41 heavy (non-hydrogen) atoms. The molecule has 0 bridgehead atoms. The Morgan fingerprint density at radius 3 is 2.17 bits per heavy atom. The van der Waals surface area contributed by atoms with Crippen molar-refractivity contribution in [2.24, 2.45) is 0 Å². The Bertz CT molecular complexity index is 1060. The minimum Gasteiger partial charge on any atom is -0.391 e. The first-order valence-corrected chi connectivity index (χ1v) is 14.9. The number of ether oxygens (including phenoxy) is 2. The average Bonchev–Trinajstić information content (AvgIpc) is 2.98. The molecule has 0 aliphatic rings. The second-order valence-corrected chi connectivity index (χ2v) is 11.3. The molecule has 2 amide bonds. The molecule has 6 N–H and O–H groups in total. The van der Waals surface area contributed by atoms with E-state index in [4.69, 9.17) is 9.47 Å². The highest BCUT2D eigenvalue weighted by atomic mass is 32.2. The molecule has 0 saturated carbocycles. The number of amides is 2. The van der Waals surface area contributed by atoms with Crippen molar-refractivity contribution in [1.29, 1.82) is 0 Å². The minimum absolute atomic E-state index is 0.134. The lowest BCUT2D eigenvalue weighted by molar-refractivity contribution is -0.228. The zero-order valence-corrected chi connectivity index (χ0v) is 25.0. The maximum absolute atomic E-state index is 12.6. The fraction of sp³-hybridized carbons (Fsp3) is 0.533. The van der Waals surface area contributed by atoms with Gasteiger partial charge in [-0.15, -0.1) is 0 Å². The van der Waals surface area contributed by atoms with Gasteiger partial charge in [0.15, 0.2) is 5.79 Å². The monoisotopic (exact) mass is 592 g/mol. The van der Waals surface area contributed by atoms with Crippen LogP contribution < -0.4 is 10.6 Å². The normalized spacial score (nSPS) is 16.6. The van der Waals surface area contributed by atoms with Gasteiger partial charge in [0.2, 0.25) is 5.91 Å². The highest BCUT2D eigenvalue weighted by Gasteiger charge is 2.40. The second-order valence-electron chi connectivity index (χ2n) is 9.94. The first-order valence-electron chi connectivity index (χ1n) is 13.7. The van der Waals surface area contributed by atoms with Crippen LogP contribution in [0, 0.1) is 0 Å². The number of nitrogens with one attached hydrogen (secondary N) is 2. The molecule has 0 aromatic heterocycles. The van der Waals surface area contributed by atoms with Gasteiger partial charge in [-0.2, -0.15) is 11.8 Å². The number of hydrogen-bond acceptors (Lipinski definition) is 9. The molecule has 0 aliphatic heterocycles. The van der Waals surface area contributed by atoms with Gasteiger partial charge in [0.05, 0.1) is 24.9 Å². The van der Waals surface area contributed by atoms with Crippen LogP contribution in [0.2, 0.25) is 0 Å². The van der Waals surface area contributed by atoms with E-state index in [1.807, 2.05) is 30.3 Å². The van der Waals surface area contributed by atoms with Crippen LogP contribution in [0.15, 0.2) is 54.6 Å². The number of carbonyl (C=O) groups excluding carboxylic acids is 2. The van der Waals surface area contributed by atoms with Gasteiger partial charge in [-0.25, -0.2) is 0 Å². The van der Waals surface area contributed by atoms with Gasteiger partial charge in [0, 0.05) is 32.6 Å². The van der Waals surface area contributed by atoms with E-state index < -0.39 is 48.1 Å². The fourth-order valence-corrected chi connectivity index (χ4v) is 4.86. The van der Waals surface area contributed by atoms with Crippen molar-refractivity contribution in [2.45, 2.75) is 69.9 Å². The van der Waals surface area contributed by atoms with Crippen LogP contribution in [0.1, 0.15) is 44.0 Å². The van der Waals surface area contributed by atoms with E-state index in [-0.39, 0.29) is 13.0 Å². The van der Waals surface area contributed by atoms with E-state index in [0.717, 1.165) is 29.1 Å². The summed E-state index contributed by atoms with van der Waals surface area (Å²) >= 11 is 1.78. The molecule has 0 saturated heterocycles. The molecule has 10 nitrogen and oxygen atoms in total. The predicted molar refractivity (Wildman–Crippen MR) is 159 cm³/mol. The lowest BCUT2D eigenvalue weighted by atomic mass is 9.92. The molecule has 0 aliphatic carbocycles. The third-order valence-corrected chi connectivity index (χ3v) is 7.66. The van der Waals surface area contributed by atoms with E-state index in [1.54, 1.807) is 43.0 Å². The molecule has 0 heterocycles. The summed E-state index contributed by atoms with van der Waals surface area (Å²) < 4.78 is 11.3. The third kappa shape index (κ3) is 11.4. The summed E-state index contributed by atoms with van der Waals surface area (Å²) in [6, 6.07) is 15.2. The smallest absolute Gasteiger partial charge is 0.251 e. The van der Waals surface area contributed by atoms with Gasteiger partial charge in [0.1, 0.15) is 12.2 Å². The Morgan fingerprint density at radius 2 is 1.59 bits per heavy atom. The van der Waals surface area contributed by atoms with Crippen molar-refractivity contribution in [3.05, 3.63) is 60.2 Å². The Labute approximate surface area is 246 Å².